The molecule has 3 rings (SSSR count). The predicted octanol–water partition coefficient (Wildman–Crippen LogP) is 6.12. The molecule has 0 bridgehead atoms. The zero-order chi connectivity index (χ0) is 32.7. The van der Waals surface area contributed by atoms with Crippen molar-refractivity contribution in [3.05, 3.63) is 22.1 Å². The summed E-state index contributed by atoms with van der Waals surface area (Å²) in [5.74, 6) is -0.276. The highest BCUT2D eigenvalue weighted by atomic mass is 35.5. The molecule has 3 heterocycles. The fourth-order valence-corrected chi connectivity index (χ4v) is 5.47. The zero-order valence-electron chi connectivity index (χ0n) is 26.4. The van der Waals surface area contributed by atoms with Gasteiger partial charge in [-0.1, -0.05) is 25.9 Å². The molecule has 2 aromatic rings. The smallest absolute Gasteiger partial charge is 0.425 e. The number of carbonyl (C=O) groups is 2. The number of hydrogen-bond donors (Lipinski definition) is 1. The molecule has 15 nitrogen and oxygen atoms in total. The molecule has 0 unspecified atom stereocenters. The number of halogens is 1. The van der Waals surface area contributed by atoms with E-state index in [0.717, 1.165) is 0 Å². The van der Waals surface area contributed by atoms with Crippen molar-refractivity contribution < 1.29 is 33.3 Å². The highest BCUT2D eigenvalue weighted by Gasteiger charge is 2.51. The van der Waals surface area contributed by atoms with Crippen molar-refractivity contribution in [3.63, 3.8) is 0 Å². The molecule has 1 aliphatic heterocycles. The van der Waals surface area contributed by atoms with Crippen molar-refractivity contribution in [2.24, 2.45) is 5.11 Å². The first-order valence-corrected chi connectivity index (χ1v) is 17.0. The number of amides is 2. The van der Waals surface area contributed by atoms with Crippen molar-refractivity contribution >= 4 is 49.1 Å². The topological polar surface area (TPSA) is 187 Å². The Labute approximate surface area is 256 Å². The minimum absolute atomic E-state index is 0.00331. The fraction of sp³-hybridized carbons (Fsp3) is 0.731. The first kappa shape index (κ1) is 34.5. The Bertz CT molecular complexity index is 1380. The van der Waals surface area contributed by atoms with E-state index in [1.54, 1.807) is 41.5 Å². The maximum atomic E-state index is 13.4. The standard InChI is InChI=1S/C26H41ClN8O7Si/c1-24(2,3)40-22(37)35(23(38)41-25(4,5)6)19-16-18(30-21(27)31-19)34(13-29-16)20-17(42-43(10,11)26(7,8)9)15(32-33-28)14(12-36)39-20/h13-15,17,20,36H,12H2,1-11H3/t14-,15+,17-,20-/m1/s1. The van der Waals surface area contributed by atoms with Gasteiger partial charge in [0.05, 0.1) is 25.1 Å². The lowest BCUT2D eigenvalue weighted by atomic mass is 10.1. The monoisotopic (exact) mass is 640 g/mol. The van der Waals surface area contributed by atoms with E-state index >= 15 is 0 Å². The molecule has 0 spiro atoms. The first-order chi connectivity index (χ1) is 19.6. The molecule has 0 saturated carbocycles. The van der Waals surface area contributed by atoms with Crippen molar-refractivity contribution in [1.29, 1.82) is 0 Å². The predicted molar refractivity (Wildman–Crippen MR) is 161 cm³/mol. The van der Waals surface area contributed by atoms with Crippen LogP contribution in [0.15, 0.2) is 11.4 Å². The van der Waals surface area contributed by atoms with Crippen LogP contribution in [0.4, 0.5) is 15.4 Å². The number of imidazole rings is 1. The Hall–Kier alpha value is -3.01. The summed E-state index contributed by atoms with van der Waals surface area (Å²) in [4.78, 5) is 43.2. The molecule has 1 aliphatic rings. The number of fused-ring (bicyclic) bond motifs is 1. The van der Waals surface area contributed by atoms with Gasteiger partial charge in [0.2, 0.25) is 5.28 Å². The molecule has 0 aliphatic carbocycles. The van der Waals surface area contributed by atoms with Crippen LogP contribution in [0.2, 0.25) is 23.4 Å². The molecule has 17 heteroatoms. The lowest BCUT2D eigenvalue weighted by molar-refractivity contribution is -0.0462. The van der Waals surface area contributed by atoms with Crippen LogP contribution in [0.1, 0.15) is 68.5 Å². The normalized spacial score (nSPS) is 21.4. The summed E-state index contributed by atoms with van der Waals surface area (Å²) in [5, 5.41) is 13.5. The molecular weight excluding hydrogens is 600 g/mol. The maximum Gasteiger partial charge on any atom is 0.425 e. The third-order valence-electron chi connectivity index (χ3n) is 6.93. The van der Waals surface area contributed by atoms with Gasteiger partial charge in [0.1, 0.15) is 17.3 Å². The summed E-state index contributed by atoms with van der Waals surface area (Å²) >= 11 is 6.35. The number of aromatic nitrogens is 4. The zero-order valence-corrected chi connectivity index (χ0v) is 28.2. The number of ether oxygens (including phenoxy) is 3. The SMILES string of the molecule is CC(C)(C)OC(=O)N(C(=O)OC(C)(C)C)c1nc(Cl)nc2c1ncn2[C@@H]1O[C@H](CO)[C@H](N=[N+]=[N-])[C@H]1O[Si](C)(C)C(C)(C)C. The number of imide groups is 1. The molecule has 1 fully saturated rings. The third-order valence-corrected chi connectivity index (χ3v) is 11.6. The number of nitrogens with zero attached hydrogens (tertiary/aromatic N) is 8. The van der Waals surface area contributed by atoms with Gasteiger partial charge in [-0.25, -0.2) is 14.6 Å². The Morgan fingerprint density at radius 2 is 1.67 bits per heavy atom. The minimum atomic E-state index is -2.49. The molecular formula is C26H41ClN8O7Si. The molecule has 43 heavy (non-hydrogen) atoms. The van der Waals surface area contributed by atoms with Gasteiger partial charge in [-0.3, -0.25) is 4.57 Å². The van der Waals surface area contributed by atoms with Gasteiger partial charge in [-0.05, 0) is 76.8 Å². The van der Waals surface area contributed by atoms with Crippen LogP contribution in [0.5, 0.6) is 0 Å². The number of aliphatic hydroxyl groups is 1. The van der Waals surface area contributed by atoms with E-state index in [9.17, 15) is 20.2 Å². The Morgan fingerprint density at radius 3 is 2.14 bits per heavy atom. The van der Waals surface area contributed by atoms with E-state index in [4.69, 9.17) is 30.2 Å². The van der Waals surface area contributed by atoms with Crippen LogP contribution in [0, 0.1) is 0 Å². The number of hydrogen-bond acceptors (Lipinski definition) is 11. The molecule has 4 atom stereocenters. The Balaban J connectivity index is 2.22. The van der Waals surface area contributed by atoms with Gasteiger partial charge in [0, 0.05) is 4.91 Å². The second kappa shape index (κ2) is 12.2. The molecule has 0 aromatic carbocycles. The minimum Gasteiger partial charge on any atom is -0.443 e. The number of rotatable bonds is 6. The molecule has 0 radical (unpaired) electrons. The van der Waals surface area contributed by atoms with Gasteiger partial charge >= 0.3 is 12.2 Å². The highest BCUT2D eigenvalue weighted by Crippen LogP contribution is 2.43. The third kappa shape index (κ3) is 7.74. The molecule has 2 amide bonds. The van der Waals surface area contributed by atoms with Gasteiger partial charge in [0.25, 0.3) is 0 Å². The highest BCUT2D eigenvalue weighted by molar-refractivity contribution is 6.74. The lowest BCUT2D eigenvalue weighted by Crippen LogP contribution is -2.48. The molecule has 2 aromatic heterocycles. The summed E-state index contributed by atoms with van der Waals surface area (Å²) in [6.45, 7) is 19.7. The second-order valence-corrected chi connectivity index (χ2v) is 18.8. The first-order valence-electron chi connectivity index (χ1n) is 13.7. The van der Waals surface area contributed by atoms with Gasteiger partial charge in [-0.2, -0.15) is 14.9 Å². The summed E-state index contributed by atoms with van der Waals surface area (Å²) < 4.78 is 25.3. The van der Waals surface area contributed by atoms with E-state index in [1.165, 1.54) is 10.9 Å². The van der Waals surface area contributed by atoms with Crippen molar-refractivity contribution in [1.82, 2.24) is 19.5 Å². The summed E-state index contributed by atoms with van der Waals surface area (Å²) in [5.41, 5.74) is 7.49. The van der Waals surface area contributed by atoms with Gasteiger partial charge in [-0.15, -0.1) is 0 Å². The molecule has 1 saturated heterocycles. The number of anilines is 1. The maximum absolute atomic E-state index is 13.4. The van der Waals surface area contributed by atoms with E-state index in [0.29, 0.717) is 4.90 Å². The van der Waals surface area contributed by atoms with E-state index in [1.807, 2.05) is 13.1 Å². The van der Waals surface area contributed by atoms with E-state index < -0.39 is 62.8 Å². The van der Waals surface area contributed by atoms with Crippen LogP contribution < -0.4 is 4.90 Å². The fourth-order valence-electron chi connectivity index (χ4n) is 4.02. The number of azide groups is 1. The average molecular weight is 641 g/mol. The van der Waals surface area contributed by atoms with Crippen LogP contribution in [0.25, 0.3) is 21.6 Å². The summed E-state index contributed by atoms with van der Waals surface area (Å²) in [7, 11) is -2.49. The van der Waals surface area contributed by atoms with Crippen molar-refractivity contribution in [2.75, 3.05) is 11.5 Å². The lowest BCUT2D eigenvalue weighted by Gasteiger charge is -2.40. The average Bonchev–Trinajstić information content (AvgIpc) is 3.37. The van der Waals surface area contributed by atoms with Crippen LogP contribution in [-0.2, 0) is 18.6 Å². The Kier molecular flexibility index (Phi) is 9.76. The summed E-state index contributed by atoms with van der Waals surface area (Å²) in [6.07, 6.45) is -3.50. The van der Waals surface area contributed by atoms with Crippen molar-refractivity contribution in [2.45, 2.75) is 116 Å². The van der Waals surface area contributed by atoms with Crippen LogP contribution in [0.3, 0.4) is 0 Å². The van der Waals surface area contributed by atoms with Crippen LogP contribution in [-0.4, -0.2) is 81.2 Å². The summed E-state index contributed by atoms with van der Waals surface area (Å²) in [6, 6.07) is -0.886. The number of aliphatic hydroxyl groups excluding tert-OH is 1. The van der Waals surface area contributed by atoms with Gasteiger partial charge in [0.15, 0.2) is 31.5 Å². The van der Waals surface area contributed by atoms with Crippen LogP contribution >= 0.6 is 11.6 Å². The van der Waals surface area contributed by atoms with Crippen molar-refractivity contribution in [3.8, 4) is 0 Å². The Morgan fingerprint density at radius 1 is 1.12 bits per heavy atom. The largest absolute Gasteiger partial charge is 0.443 e. The second-order valence-electron chi connectivity index (χ2n) is 13.7. The van der Waals surface area contributed by atoms with E-state index in [-0.39, 0.29) is 27.3 Å². The molecule has 1 N–H and O–H groups in total. The van der Waals surface area contributed by atoms with Gasteiger partial charge < -0.3 is 23.7 Å². The number of carbonyl (C=O) groups excluding carboxylic acids is 2. The van der Waals surface area contributed by atoms with E-state index in [2.05, 4.69) is 45.7 Å². The molecule has 238 valence electrons. The quantitative estimate of drug-likeness (QED) is 0.127.